The minimum absolute atomic E-state index is 0.628. The molecule has 0 spiro atoms. The molecule has 2 nitrogen and oxygen atoms in total. The fraction of sp³-hybridized carbons (Fsp3) is 0.636. The maximum Gasteiger partial charge on any atom is 0.0346 e. The fourth-order valence-electron chi connectivity index (χ4n) is 2.09. The van der Waals surface area contributed by atoms with Crippen LogP contribution in [0.15, 0.2) is 15.9 Å². The molecular formula is C11H17BrN2S. The zero-order valence-electron chi connectivity index (χ0n) is 9.16. The number of nitrogens with one attached hydrogen (secondary N) is 1. The number of rotatable bonds is 2. The lowest BCUT2D eigenvalue weighted by Gasteiger charge is -2.39. The van der Waals surface area contributed by atoms with Crippen LogP contribution < -0.4 is 5.32 Å². The van der Waals surface area contributed by atoms with Crippen molar-refractivity contribution in [3.8, 4) is 0 Å². The summed E-state index contributed by atoms with van der Waals surface area (Å²) in [6.07, 6.45) is 0. The Balaban J connectivity index is 2.06. The van der Waals surface area contributed by atoms with Gasteiger partial charge in [-0.05, 0) is 41.2 Å². The molecule has 1 aromatic heterocycles. The van der Waals surface area contributed by atoms with E-state index in [1.165, 1.54) is 9.35 Å². The van der Waals surface area contributed by atoms with Gasteiger partial charge >= 0.3 is 0 Å². The van der Waals surface area contributed by atoms with Gasteiger partial charge in [-0.15, -0.1) is 11.3 Å². The molecule has 0 radical (unpaired) electrons. The topological polar surface area (TPSA) is 15.3 Å². The van der Waals surface area contributed by atoms with Gasteiger partial charge in [-0.25, -0.2) is 0 Å². The molecule has 0 amide bonds. The first-order chi connectivity index (χ1) is 7.18. The van der Waals surface area contributed by atoms with E-state index in [0.29, 0.717) is 12.1 Å². The van der Waals surface area contributed by atoms with Crippen LogP contribution in [0.1, 0.15) is 18.7 Å². The van der Waals surface area contributed by atoms with Crippen molar-refractivity contribution in [3.05, 3.63) is 20.8 Å². The highest BCUT2D eigenvalue weighted by Crippen LogP contribution is 2.26. The molecule has 1 saturated heterocycles. The number of halogens is 1. The molecule has 2 rings (SSSR count). The van der Waals surface area contributed by atoms with Crippen molar-refractivity contribution in [3.63, 3.8) is 0 Å². The Bertz CT molecular complexity index is 316. The summed E-state index contributed by atoms with van der Waals surface area (Å²) in [7, 11) is 0. The quantitative estimate of drug-likeness (QED) is 0.900. The Kier molecular flexibility index (Phi) is 3.83. The standard InChI is InChI=1S/C11H17BrN2S/c1-8-5-13-6-9(2)14(8)7-11-10(12)3-4-15-11/h3-4,8-9,13H,5-7H2,1-2H3. The van der Waals surface area contributed by atoms with Gasteiger partial charge in [0.1, 0.15) is 0 Å². The largest absolute Gasteiger partial charge is 0.314 e. The SMILES string of the molecule is CC1CNCC(C)N1Cc1sccc1Br. The predicted octanol–water partition coefficient (Wildman–Crippen LogP) is 2.69. The van der Waals surface area contributed by atoms with Crippen molar-refractivity contribution in [1.29, 1.82) is 0 Å². The molecule has 1 aliphatic rings. The monoisotopic (exact) mass is 288 g/mol. The van der Waals surface area contributed by atoms with E-state index in [-0.39, 0.29) is 0 Å². The average Bonchev–Trinajstić information content (AvgIpc) is 2.58. The van der Waals surface area contributed by atoms with Gasteiger partial charge < -0.3 is 5.32 Å². The van der Waals surface area contributed by atoms with Crippen LogP contribution in [-0.4, -0.2) is 30.1 Å². The Labute approximate surface area is 104 Å². The van der Waals surface area contributed by atoms with Gasteiger partial charge in [-0.3, -0.25) is 4.90 Å². The lowest BCUT2D eigenvalue weighted by atomic mass is 10.1. The highest BCUT2D eigenvalue weighted by molar-refractivity contribution is 9.10. The number of nitrogens with zero attached hydrogens (tertiary/aromatic N) is 1. The second-order valence-electron chi connectivity index (χ2n) is 4.22. The molecular weight excluding hydrogens is 272 g/mol. The van der Waals surface area contributed by atoms with E-state index in [9.17, 15) is 0 Å². The molecule has 15 heavy (non-hydrogen) atoms. The molecule has 2 atom stereocenters. The van der Waals surface area contributed by atoms with Crippen LogP contribution in [-0.2, 0) is 6.54 Å². The molecule has 1 fully saturated rings. The first kappa shape index (κ1) is 11.6. The summed E-state index contributed by atoms with van der Waals surface area (Å²) in [5.74, 6) is 0. The normalized spacial score (nSPS) is 28.2. The van der Waals surface area contributed by atoms with Gasteiger partial charge in [0.2, 0.25) is 0 Å². The lowest BCUT2D eigenvalue weighted by molar-refractivity contribution is 0.110. The predicted molar refractivity (Wildman–Crippen MR) is 69.4 cm³/mol. The number of thiophene rings is 1. The van der Waals surface area contributed by atoms with Crippen molar-refractivity contribution in [2.45, 2.75) is 32.5 Å². The minimum Gasteiger partial charge on any atom is -0.314 e. The Morgan fingerprint density at radius 3 is 2.67 bits per heavy atom. The third kappa shape index (κ3) is 2.61. The fourth-order valence-corrected chi connectivity index (χ4v) is 3.57. The highest BCUT2D eigenvalue weighted by Gasteiger charge is 2.24. The van der Waals surface area contributed by atoms with E-state index in [0.717, 1.165) is 19.6 Å². The van der Waals surface area contributed by atoms with E-state index in [4.69, 9.17) is 0 Å². The minimum atomic E-state index is 0.628. The van der Waals surface area contributed by atoms with E-state index >= 15 is 0 Å². The first-order valence-electron chi connectivity index (χ1n) is 5.37. The molecule has 1 aromatic rings. The third-order valence-electron chi connectivity index (χ3n) is 3.03. The van der Waals surface area contributed by atoms with Crippen molar-refractivity contribution in [2.24, 2.45) is 0 Å². The van der Waals surface area contributed by atoms with E-state index in [1.807, 2.05) is 11.3 Å². The van der Waals surface area contributed by atoms with Gasteiger partial charge in [-0.1, -0.05) is 0 Å². The summed E-state index contributed by atoms with van der Waals surface area (Å²) in [5.41, 5.74) is 0. The molecule has 1 N–H and O–H groups in total. The molecule has 0 saturated carbocycles. The maximum atomic E-state index is 3.60. The summed E-state index contributed by atoms with van der Waals surface area (Å²) in [5, 5.41) is 5.61. The van der Waals surface area contributed by atoms with Crippen LogP contribution in [0, 0.1) is 0 Å². The highest BCUT2D eigenvalue weighted by atomic mass is 79.9. The molecule has 1 aliphatic heterocycles. The zero-order chi connectivity index (χ0) is 10.8. The molecule has 0 bridgehead atoms. The van der Waals surface area contributed by atoms with Crippen LogP contribution in [0.3, 0.4) is 0 Å². The van der Waals surface area contributed by atoms with Gasteiger partial charge in [0.15, 0.2) is 0 Å². The Morgan fingerprint density at radius 1 is 1.47 bits per heavy atom. The summed E-state index contributed by atoms with van der Waals surface area (Å²) >= 11 is 5.44. The zero-order valence-corrected chi connectivity index (χ0v) is 11.6. The van der Waals surface area contributed by atoms with Gasteiger partial charge in [-0.2, -0.15) is 0 Å². The van der Waals surface area contributed by atoms with Crippen LogP contribution in [0.4, 0.5) is 0 Å². The van der Waals surface area contributed by atoms with Crippen LogP contribution in [0.5, 0.6) is 0 Å². The Hall–Kier alpha value is 0.100. The summed E-state index contributed by atoms with van der Waals surface area (Å²) in [6, 6.07) is 3.39. The first-order valence-corrected chi connectivity index (χ1v) is 7.04. The second kappa shape index (κ2) is 4.95. The molecule has 0 aliphatic carbocycles. The third-order valence-corrected chi connectivity index (χ3v) is 4.94. The van der Waals surface area contributed by atoms with E-state index in [1.54, 1.807) is 0 Å². The van der Waals surface area contributed by atoms with Crippen LogP contribution in [0.25, 0.3) is 0 Å². The number of piperazine rings is 1. The van der Waals surface area contributed by atoms with Crippen LogP contribution in [0.2, 0.25) is 0 Å². The van der Waals surface area contributed by atoms with Crippen molar-refractivity contribution >= 4 is 27.3 Å². The molecule has 4 heteroatoms. The van der Waals surface area contributed by atoms with Crippen molar-refractivity contribution in [2.75, 3.05) is 13.1 Å². The molecule has 84 valence electrons. The van der Waals surface area contributed by atoms with Gasteiger partial charge in [0.25, 0.3) is 0 Å². The maximum absolute atomic E-state index is 3.60. The van der Waals surface area contributed by atoms with Crippen LogP contribution >= 0.6 is 27.3 Å². The number of hydrogen-bond acceptors (Lipinski definition) is 3. The van der Waals surface area contributed by atoms with Gasteiger partial charge in [0.05, 0.1) is 0 Å². The summed E-state index contributed by atoms with van der Waals surface area (Å²) < 4.78 is 1.26. The number of hydrogen-bond donors (Lipinski definition) is 1. The molecule has 2 heterocycles. The second-order valence-corrected chi connectivity index (χ2v) is 6.08. The molecule has 2 unspecified atom stereocenters. The average molecular weight is 289 g/mol. The van der Waals surface area contributed by atoms with Crippen molar-refractivity contribution < 1.29 is 0 Å². The summed E-state index contributed by atoms with van der Waals surface area (Å²) in [4.78, 5) is 4.02. The van der Waals surface area contributed by atoms with E-state index in [2.05, 4.69) is 51.4 Å². The van der Waals surface area contributed by atoms with Crippen molar-refractivity contribution in [1.82, 2.24) is 10.2 Å². The van der Waals surface area contributed by atoms with Gasteiger partial charge in [0, 0.05) is 41.1 Å². The van der Waals surface area contributed by atoms with E-state index < -0.39 is 0 Å². The molecule has 0 aromatic carbocycles. The smallest absolute Gasteiger partial charge is 0.0346 e. The Morgan fingerprint density at radius 2 is 2.13 bits per heavy atom. The summed E-state index contributed by atoms with van der Waals surface area (Å²) in [6.45, 7) is 7.87. The lowest BCUT2D eigenvalue weighted by Crippen LogP contribution is -2.54.